The molecule has 0 radical (unpaired) electrons. The number of benzene rings is 1. The van der Waals surface area contributed by atoms with Gasteiger partial charge in [-0.15, -0.1) is 24.0 Å². The standard InChI is InChI=1S/C20H27N7.HI/c1-15-8-10-26(13-18(15)27-11-9-22-14-27)20(21-2)23-12-19-24-16-6-4-5-7-17(16)25(19)3;/h4-7,9,11,14-15,18H,8,10,12-13H2,1-3H3,(H,21,23);1H. The van der Waals surface area contributed by atoms with Gasteiger partial charge in [0.2, 0.25) is 0 Å². The summed E-state index contributed by atoms with van der Waals surface area (Å²) in [5.74, 6) is 2.56. The Morgan fingerprint density at radius 2 is 2.14 bits per heavy atom. The zero-order valence-electron chi connectivity index (χ0n) is 16.6. The van der Waals surface area contributed by atoms with Gasteiger partial charge >= 0.3 is 0 Å². The largest absolute Gasteiger partial charge is 0.349 e. The maximum atomic E-state index is 4.75. The third-order valence-electron chi connectivity index (χ3n) is 5.62. The summed E-state index contributed by atoms with van der Waals surface area (Å²) in [6.07, 6.45) is 6.96. The molecule has 3 aromatic rings. The lowest BCUT2D eigenvalue weighted by Gasteiger charge is -2.39. The highest BCUT2D eigenvalue weighted by molar-refractivity contribution is 14.0. The monoisotopic (exact) mass is 493 g/mol. The quantitative estimate of drug-likeness (QED) is 0.346. The van der Waals surface area contributed by atoms with Crippen molar-refractivity contribution in [2.24, 2.45) is 18.0 Å². The number of fused-ring (bicyclic) bond motifs is 1. The maximum absolute atomic E-state index is 4.75. The van der Waals surface area contributed by atoms with E-state index in [1.807, 2.05) is 31.7 Å². The van der Waals surface area contributed by atoms with Gasteiger partial charge in [0, 0.05) is 39.6 Å². The highest BCUT2D eigenvalue weighted by Gasteiger charge is 2.29. The number of likely N-dealkylation sites (tertiary alicyclic amines) is 1. The maximum Gasteiger partial charge on any atom is 0.194 e. The molecular weight excluding hydrogens is 465 g/mol. The van der Waals surface area contributed by atoms with Crippen LogP contribution in [0.25, 0.3) is 11.0 Å². The fourth-order valence-corrected chi connectivity index (χ4v) is 3.94. The molecule has 2 aromatic heterocycles. The molecule has 0 saturated carbocycles. The summed E-state index contributed by atoms with van der Waals surface area (Å²) >= 11 is 0. The van der Waals surface area contributed by atoms with Gasteiger partial charge in [-0.1, -0.05) is 19.1 Å². The molecule has 150 valence electrons. The summed E-state index contributed by atoms with van der Waals surface area (Å²) in [6.45, 7) is 4.91. The number of rotatable bonds is 3. The smallest absolute Gasteiger partial charge is 0.194 e. The van der Waals surface area contributed by atoms with Crippen LogP contribution in [0.4, 0.5) is 0 Å². The first-order valence-electron chi connectivity index (χ1n) is 9.50. The molecule has 7 nitrogen and oxygen atoms in total. The van der Waals surface area contributed by atoms with Crippen LogP contribution < -0.4 is 5.32 Å². The second kappa shape index (κ2) is 8.93. The molecule has 1 N–H and O–H groups in total. The number of guanidine groups is 1. The summed E-state index contributed by atoms with van der Waals surface area (Å²) in [6, 6.07) is 8.63. The Labute approximate surface area is 182 Å². The fourth-order valence-electron chi connectivity index (χ4n) is 3.94. The molecule has 2 atom stereocenters. The molecule has 0 bridgehead atoms. The summed E-state index contributed by atoms with van der Waals surface area (Å²) in [7, 11) is 3.91. The van der Waals surface area contributed by atoms with Gasteiger partial charge in [-0.25, -0.2) is 9.97 Å². The van der Waals surface area contributed by atoms with Crippen molar-refractivity contribution < 1.29 is 0 Å². The first kappa shape index (κ1) is 20.6. The summed E-state index contributed by atoms with van der Waals surface area (Å²) in [5.41, 5.74) is 2.18. The van der Waals surface area contributed by atoms with Crippen LogP contribution in [0.3, 0.4) is 0 Å². The van der Waals surface area contributed by atoms with Crippen LogP contribution in [0.5, 0.6) is 0 Å². The summed E-state index contributed by atoms with van der Waals surface area (Å²) in [5, 5.41) is 3.51. The molecule has 8 heteroatoms. The highest BCUT2D eigenvalue weighted by atomic mass is 127. The second-order valence-corrected chi connectivity index (χ2v) is 7.27. The van der Waals surface area contributed by atoms with Gasteiger partial charge in [-0.3, -0.25) is 4.99 Å². The lowest BCUT2D eigenvalue weighted by Crippen LogP contribution is -2.48. The predicted octanol–water partition coefficient (Wildman–Crippen LogP) is 3.05. The molecule has 1 fully saturated rings. The number of imidazole rings is 2. The molecule has 0 spiro atoms. The van der Waals surface area contributed by atoms with Crippen molar-refractivity contribution in [3.8, 4) is 0 Å². The number of halogens is 1. The number of nitrogens with zero attached hydrogens (tertiary/aromatic N) is 6. The van der Waals surface area contributed by atoms with Crippen LogP contribution in [0, 0.1) is 5.92 Å². The van der Waals surface area contributed by atoms with Gasteiger partial charge in [-0.05, 0) is 24.5 Å². The van der Waals surface area contributed by atoms with Gasteiger partial charge in [0.1, 0.15) is 5.82 Å². The van der Waals surface area contributed by atoms with Crippen LogP contribution in [-0.4, -0.2) is 50.1 Å². The SMILES string of the molecule is CN=C(NCc1nc2ccccc2n1C)N1CCC(C)C(n2ccnc2)C1.I. The first-order valence-corrected chi connectivity index (χ1v) is 9.50. The first-order chi connectivity index (χ1) is 13.2. The summed E-state index contributed by atoms with van der Waals surface area (Å²) < 4.78 is 4.36. The zero-order valence-corrected chi connectivity index (χ0v) is 18.9. The number of hydrogen-bond acceptors (Lipinski definition) is 3. The lowest BCUT2D eigenvalue weighted by molar-refractivity contribution is 0.189. The molecule has 4 rings (SSSR count). The molecule has 1 aliphatic rings. The molecule has 3 heterocycles. The third-order valence-corrected chi connectivity index (χ3v) is 5.62. The molecule has 0 amide bonds. The minimum absolute atomic E-state index is 0. The van der Waals surface area contributed by atoms with E-state index in [9.17, 15) is 0 Å². The molecule has 1 aromatic carbocycles. The van der Waals surface area contributed by atoms with Crippen molar-refractivity contribution in [2.45, 2.75) is 25.9 Å². The van der Waals surface area contributed by atoms with Crippen LogP contribution in [-0.2, 0) is 13.6 Å². The molecule has 2 unspecified atom stereocenters. The average Bonchev–Trinajstić information content (AvgIpc) is 3.32. The van der Waals surface area contributed by atoms with E-state index >= 15 is 0 Å². The van der Waals surface area contributed by atoms with Crippen LogP contribution >= 0.6 is 24.0 Å². The van der Waals surface area contributed by atoms with Crippen LogP contribution in [0.2, 0.25) is 0 Å². The number of aromatic nitrogens is 4. The van der Waals surface area contributed by atoms with Crippen molar-refractivity contribution in [2.75, 3.05) is 20.1 Å². The third kappa shape index (κ3) is 4.01. The van der Waals surface area contributed by atoms with E-state index in [0.29, 0.717) is 18.5 Å². The van der Waals surface area contributed by atoms with Crippen molar-refractivity contribution in [3.63, 3.8) is 0 Å². The Morgan fingerprint density at radius 3 is 2.86 bits per heavy atom. The minimum Gasteiger partial charge on any atom is -0.349 e. The van der Waals surface area contributed by atoms with Gasteiger partial charge in [0.25, 0.3) is 0 Å². The number of aryl methyl sites for hydroxylation is 1. The minimum atomic E-state index is 0. The van der Waals surface area contributed by atoms with Gasteiger partial charge < -0.3 is 19.4 Å². The lowest BCUT2D eigenvalue weighted by atomic mass is 9.93. The van der Waals surface area contributed by atoms with Crippen molar-refractivity contribution in [3.05, 3.63) is 48.8 Å². The zero-order chi connectivity index (χ0) is 18.8. The van der Waals surface area contributed by atoms with Gasteiger partial charge in [-0.2, -0.15) is 0 Å². The Balaban J connectivity index is 0.00000225. The molecule has 1 aliphatic heterocycles. The topological polar surface area (TPSA) is 63.3 Å². The number of nitrogens with one attached hydrogen (secondary N) is 1. The van der Waals surface area contributed by atoms with E-state index in [1.165, 1.54) is 0 Å². The van der Waals surface area contributed by atoms with Crippen molar-refractivity contribution >= 4 is 41.0 Å². The normalized spacial score (nSPS) is 20.2. The molecule has 28 heavy (non-hydrogen) atoms. The van der Waals surface area contributed by atoms with Crippen LogP contribution in [0.1, 0.15) is 25.2 Å². The van der Waals surface area contributed by atoms with E-state index in [4.69, 9.17) is 4.98 Å². The van der Waals surface area contributed by atoms with Crippen molar-refractivity contribution in [1.29, 1.82) is 0 Å². The molecular formula is C20H28IN7. The van der Waals surface area contributed by atoms with E-state index in [1.54, 1.807) is 0 Å². The summed E-state index contributed by atoms with van der Waals surface area (Å²) in [4.78, 5) is 15.8. The Morgan fingerprint density at radius 1 is 1.32 bits per heavy atom. The van der Waals surface area contributed by atoms with E-state index in [0.717, 1.165) is 42.3 Å². The average molecular weight is 493 g/mol. The fraction of sp³-hybridized carbons (Fsp3) is 0.450. The highest BCUT2D eigenvalue weighted by Crippen LogP contribution is 2.27. The molecule has 0 aliphatic carbocycles. The van der Waals surface area contributed by atoms with Gasteiger partial charge in [0.05, 0.1) is 29.9 Å². The van der Waals surface area contributed by atoms with E-state index in [-0.39, 0.29) is 24.0 Å². The van der Waals surface area contributed by atoms with Gasteiger partial charge in [0.15, 0.2) is 5.96 Å². The van der Waals surface area contributed by atoms with Crippen molar-refractivity contribution in [1.82, 2.24) is 29.3 Å². The van der Waals surface area contributed by atoms with Crippen LogP contribution in [0.15, 0.2) is 48.0 Å². The predicted molar refractivity (Wildman–Crippen MR) is 123 cm³/mol. The van der Waals surface area contributed by atoms with E-state index in [2.05, 4.69) is 61.6 Å². The Bertz CT molecular complexity index is 931. The second-order valence-electron chi connectivity index (χ2n) is 7.27. The molecule has 1 saturated heterocycles. The Hall–Kier alpha value is -2.10. The number of aliphatic imine (C=N–C) groups is 1. The number of hydrogen-bond donors (Lipinski definition) is 1. The number of piperidine rings is 1. The van der Waals surface area contributed by atoms with E-state index < -0.39 is 0 Å². The Kier molecular flexibility index (Phi) is 6.58. The number of para-hydroxylation sites is 2.